The Hall–Kier alpha value is -5.79. The van der Waals surface area contributed by atoms with Crippen LogP contribution in [0.4, 0.5) is 0 Å². The van der Waals surface area contributed by atoms with Crippen LogP contribution in [-0.4, -0.2) is 5.84 Å². The van der Waals surface area contributed by atoms with Crippen LogP contribution in [-0.2, 0) is 0 Å². The minimum atomic E-state index is -0.225. The molecule has 0 bridgehead atoms. The molecule has 6 heteroatoms. The first-order chi connectivity index (χ1) is 25.2. The Morgan fingerprint density at radius 3 is 2.12 bits per heavy atom. The Morgan fingerprint density at radius 1 is 0.490 bits per heavy atom. The second kappa shape index (κ2) is 11.4. The highest BCUT2D eigenvalue weighted by molar-refractivity contribution is 7.26. The van der Waals surface area contributed by atoms with E-state index in [4.69, 9.17) is 9.41 Å². The molecule has 1 aliphatic rings. The van der Waals surface area contributed by atoms with E-state index < -0.39 is 0 Å². The number of rotatable bonds is 4. The van der Waals surface area contributed by atoms with E-state index in [9.17, 15) is 0 Å². The Labute approximate surface area is 301 Å². The van der Waals surface area contributed by atoms with Crippen molar-refractivity contribution in [2.24, 2.45) is 4.99 Å². The molecule has 0 saturated carbocycles. The molecule has 0 fully saturated rings. The highest BCUT2D eigenvalue weighted by Crippen LogP contribution is 2.41. The molecule has 7 aromatic carbocycles. The summed E-state index contributed by atoms with van der Waals surface area (Å²) < 4.78 is 11.5. The standard InChI is InChI=1S/C45H29N3OS2/c1-2-9-26(10-3-1)43-46-44(28-19-22-39-36(24-28)32-12-5-7-16-38(32)50-39)48-45(47-43)29-17-20-33-35-23-27(18-21-40(35)51-41(33)25-29)30-13-8-14-34-31-11-4-6-15-37(31)49-42(30)34/h1-25,44-45,48H,(H,46,47). The van der Waals surface area contributed by atoms with Gasteiger partial charge < -0.3 is 9.73 Å². The van der Waals surface area contributed by atoms with Crippen molar-refractivity contribution in [1.29, 1.82) is 0 Å². The van der Waals surface area contributed by atoms with Crippen LogP contribution in [0.1, 0.15) is 29.0 Å². The van der Waals surface area contributed by atoms with E-state index in [-0.39, 0.29) is 12.3 Å². The van der Waals surface area contributed by atoms with Crippen molar-refractivity contribution in [2.45, 2.75) is 12.3 Å². The number of para-hydroxylation sites is 2. The summed E-state index contributed by atoms with van der Waals surface area (Å²) in [4.78, 5) is 5.25. The lowest BCUT2D eigenvalue weighted by molar-refractivity contribution is 0.409. The van der Waals surface area contributed by atoms with Crippen LogP contribution in [0.3, 0.4) is 0 Å². The van der Waals surface area contributed by atoms with Gasteiger partial charge in [0, 0.05) is 62.2 Å². The van der Waals surface area contributed by atoms with Crippen molar-refractivity contribution in [3.05, 3.63) is 168 Å². The predicted molar refractivity (Wildman–Crippen MR) is 216 cm³/mol. The average molecular weight is 692 g/mol. The maximum Gasteiger partial charge on any atom is 0.143 e. The van der Waals surface area contributed by atoms with E-state index in [0.717, 1.165) is 50.0 Å². The lowest BCUT2D eigenvalue weighted by Crippen LogP contribution is -2.44. The highest BCUT2D eigenvalue weighted by atomic mass is 32.1. The Bertz CT molecular complexity index is 3010. The fraction of sp³-hybridized carbons (Fsp3) is 0.0444. The monoisotopic (exact) mass is 691 g/mol. The average Bonchev–Trinajstić information content (AvgIpc) is 3.88. The molecule has 0 amide bonds. The molecule has 0 aliphatic carbocycles. The molecule has 2 atom stereocenters. The number of hydrogen-bond acceptors (Lipinski definition) is 6. The van der Waals surface area contributed by atoms with Crippen LogP contribution < -0.4 is 10.6 Å². The molecule has 2 N–H and O–H groups in total. The summed E-state index contributed by atoms with van der Waals surface area (Å²) in [5.41, 5.74) is 7.53. The number of furan rings is 1. The largest absolute Gasteiger partial charge is 0.455 e. The zero-order valence-corrected chi connectivity index (χ0v) is 28.9. The summed E-state index contributed by atoms with van der Waals surface area (Å²) in [6.45, 7) is 0. The third kappa shape index (κ3) is 4.72. The number of aliphatic imine (C=N–C) groups is 1. The van der Waals surface area contributed by atoms with Crippen molar-refractivity contribution >= 4 is 90.8 Å². The third-order valence-electron chi connectivity index (χ3n) is 10.2. The smallest absolute Gasteiger partial charge is 0.143 e. The quantitative estimate of drug-likeness (QED) is 0.193. The summed E-state index contributed by atoms with van der Waals surface area (Å²) in [6.07, 6.45) is -0.343. The van der Waals surface area contributed by atoms with Crippen LogP contribution >= 0.6 is 22.7 Å². The summed E-state index contributed by atoms with van der Waals surface area (Å²) in [6, 6.07) is 54.3. The fourth-order valence-corrected chi connectivity index (χ4v) is 9.89. The van der Waals surface area contributed by atoms with Gasteiger partial charge in [0.2, 0.25) is 0 Å². The zero-order valence-electron chi connectivity index (χ0n) is 27.3. The van der Waals surface area contributed by atoms with Gasteiger partial charge in [-0.15, -0.1) is 22.7 Å². The predicted octanol–water partition coefficient (Wildman–Crippen LogP) is 12.3. The fourth-order valence-electron chi connectivity index (χ4n) is 7.67. The van der Waals surface area contributed by atoms with Gasteiger partial charge in [-0.2, -0.15) is 0 Å². The molecule has 2 unspecified atom stereocenters. The molecule has 1 aliphatic heterocycles. The molecule has 51 heavy (non-hydrogen) atoms. The van der Waals surface area contributed by atoms with Gasteiger partial charge in [0.15, 0.2) is 0 Å². The molecular formula is C45H29N3OS2. The Balaban J connectivity index is 0.993. The van der Waals surface area contributed by atoms with E-state index in [1.807, 2.05) is 40.9 Å². The molecule has 4 heterocycles. The summed E-state index contributed by atoms with van der Waals surface area (Å²) in [7, 11) is 0. The van der Waals surface area contributed by atoms with Crippen LogP contribution in [0, 0.1) is 0 Å². The van der Waals surface area contributed by atoms with Gasteiger partial charge in [-0.3, -0.25) is 5.32 Å². The number of nitrogens with zero attached hydrogens (tertiary/aromatic N) is 1. The maximum atomic E-state index is 6.40. The van der Waals surface area contributed by atoms with E-state index in [1.165, 1.54) is 45.9 Å². The third-order valence-corrected chi connectivity index (χ3v) is 12.5. The van der Waals surface area contributed by atoms with Gasteiger partial charge in [-0.1, -0.05) is 109 Å². The van der Waals surface area contributed by atoms with Crippen LogP contribution in [0.15, 0.2) is 161 Å². The lowest BCUT2D eigenvalue weighted by Gasteiger charge is -2.32. The van der Waals surface area contributed by atoms with Gasteiger partial charge in [-0.25, -0.2) is 4.99 Å². The van der Waals surface area contributed by atoms with Crippen molar-refractivity contribution in [1.82, 2.24) is 10.6 Å². The van der Waals surface area contributed by atoms with E-state index in [1.54, 1.807) is 0 Å². The summed E-state index contributed by atoms with van der Waals surface area (Å²) >= 11 is 3.68. The SMILES string of the molecule is c1ccc(C2=NC(c3ccc4c(c3)sc3ccc(-c5cccc6c5oc5ccccc56)cc34)NC(c3ccc4sc5ccccc5c4c3)N2)cc1. The van der Waals surface area contributed by atoms with Gasteiger partial charge in [-0.05, 0) is 59.2 Å². The minimum Gasteiger partial charge on any atom is -0.455 e. The van der Waals surface area contributed by atoms with Gasteiger partial charge in [0.1, 0.15) is 29.3 Å². The van der Waals surface area contributed by atoms with Crippen LogP contribution in [0.25, 0.3) is 73.4 Å². The second-order valence-corrected chi connectivity index (χ2v) is 15.4. The topological polar surface area (TPSA) is 49.6 Å². The summed E-state index contributed by atoms with van der Waals surface area (Å²) in [5.74, 6) is 0.889. The Kier molecular flexibility index (Phi) is 6.46. The Morgan fingerprint density at radius 2 is 1.20 bits per heavy atom. The van der Waals surface area contributed by atoms with Gasteiger partial charge >= 0.3 is 0 Å². The first-order valence-electron chi connectivity index (χ1n) is 17.2. The normalized spacial score (nSPS) is 16.4. The molecule has 0 spiro atoms. The zero-order chi connectivity index (χ0) is 33.5. The maximum absolute atomic E-state index is 6.40. The molecule has 11 rings (SSSR count). The number of thiophene rings is 2. The number of hydrogen-bond donors (Lipinski definition) is 2. The molecule has 242 valence electrons. The van der Waals surface area contributed by atoms with Crippen molar-refractivity contribution < 1.29 is 4.42 Å². The molecule has 0 saturated heterocycles. The number of amidine groups is 1. The lowest BCUT2D eigenvalue weighted by atomic mass is 10.00. The molecule has 10 aromatic rings. The second-order valence-electron chi connectivity index (χ2n) is 13.2. The number of nitrogens with one attached hydrogen (secondary N) is 2. The first-order valence-corrected chi connectivity index (χ1v) is 18.8. The van der Waals surface area contributed by atoms with Crippen molar-refractivity contribution in [3.8, 4) is 11.1 Å². The van der Waals surface area contributed by atoms with Crippen molar-refractivity contribution in [3.63, 3.8) is 0 Å². The first kappa shape index (κ1) is 29.0. The van der Waals surface area contributed by atoms with E-state index in [2.05, 4.69) is 144 Å². The van der Waals surface area contributed by atoms with E-state index >= 15 is 0 Å². The van der Waals surface area contributed by atoms with Crippen LogP contribution in [0.5, 0.6) is 0 Å². The molecular weight excluding hydrogens is 663 g/mol. The van der Waals surface area contributed by atoms with Gasteiger partial charge in [0.05, 0.1) is 0 Å². The van der Waals surface area contributed by atoms with Gasteiger partial charge in [0.25, 0.3) is 0 Å². The van der Waals surface area contributed by atoms with Crippen molar-refractivity contribution in [2.75, 3.05) is 0 Å². The number of benzene rings is 7. The molecule has 0 radical (unpaired) electrons. The van der Waals surface area contributed by atoms with E-state index in [0.29, 0.717) is 0 Å². The molecule has 4 nitrogen and oxygen atoms in total. The van der Waals surface area contributed by atoms with Crippen LogP contribution in [0.2, 0.25) is 0 Å². The summed E-state index contributed by atoms with van der Waals surface area (Å²) in [5, 5.41) is 15.0. The molecule has 3 aromatic heterocycles. The number of fused-ring (bicyclic) bond motifs is 9. The highest BCUT2D eigenvalue weighted by Gasteiger charge is 2.26. The minimum absolute atomic E-state index is 0.118.